The van der Waals surface area contributed by atoms with E-state index in [2.05, 4.69) is 20.9 Å². The van der Waals surface area contributed by atoms with Crippen molar-refractivity contribution in [2.75, 3.05) is 17.7 Å². The van der Waals surface area contributed by atoms with Crippen LogP contribution in [-0.4, -0.2) is 44.1 Å². The molecule has 10 heteroatoms. The first-order valence-corrected chi connectivity index (χ1v) is 10.3. The van der Waals surface area contributed by atoms with Gasteiger partial charge in [0.1, 0.15) is 5.84 Å². The first-order valence-electron chi connectivity index (χ1n) is 7.63. The highest BCUT2D eigenvalue weighted by molar-refractivity contribution is 9.10. The van der Waals surface area contributed by atoms with Gasteiger partial charge in [0.25, 0.3) is 5.72 Å². The largest absolute Gasteiger partial charge is 0.440 e. The Morgan fingerprint density at radius 1 is 1.11 bits per heavy atom. The van der Waals surface area contributed by atoms with Crippen LogP contribution in [0.15, 0.2) is 62.9 Å². The fourth-order valence-electron chi connectivity index (χ4n) is 2.63. The maximum Gasteiger partial charge on any atom is 0.440 e. The smallest absolute Gasteiger partial charge is 0.361 e. The second-order valence-corrected chi connectivity index (χ2v) is 9.04. The Morgan fingerprint density at radius 2 is 1.67 bits per heavy atom. The van der Waals surface area contributed by atoms with E-state index in [0.717, 1.165) is 10.7 Å². The first kappa shape index (κ1) is 19.8. The van der Waals surface area contributed by atoms with Crippen LogP contribution in [0.1, 0.15) is 5.56 Å². The van der Waals surface area contributed by atoms with Crippen molar-refractivity contribution < 1.29 is 26.7 Å². The lowest BCUT2D eigenvalue weighted by Crippen LogP contribution is -2.47. The number of benzene rings is 2. The number of β-amino-alcohol motifs (C(OH)–C–C–N with tert-alkyl or cyclic N) is 1. The number of sulfone groups is 1. The predicted molar refractivity (Wildman–Crippen MR) is 98.6 cm³/mol. The van der Waals surface area contributed by atoms with E-state index in [1.807, 2.05) is 0 Å². The molecule has 5 nitrogen and oxygen atoms in total. The number of aliphatic imine (C=N–C) groups is 1. The molecule has 0 radical (unpaired) electrons. The van der Waals surface area contributed by atoms with Crippen LogP contribution in [0.5, 0.6) is 0 Å². The molecule has 0 amide bonds. The number of anilines is 1. The summed E-state index contributed by atoms with van der Waals surface area (Å²) in [6, 6.07) is 11.8. The van der Waals surface area contributed by atoms with Crippen LogP contribution < -0.4 is 4.90 Å². The number of nitrogens with zero attached hydrogens (tertiary/aromatic N) is 2. The first-order chi connectivity index (χ1) is 12.4. The number of hydrogen-bond donors (Lipinski definition) is 1. The lowest BCUT2D eigenvalue weighted by atomic mass is 10.1. The fraction of sp³-hybridized carbons (Fsp3) is 0.235. The summed E-state index contributed by atoms with van der Waals surface area (Å²) in [4.78, 5) is 4.81. The number of rotatable bonds is 3. The molecule has 0 aliphatic carbocycles. The maximum absolute atomic E-state index is 13.3. The fourth-order valence-corrected chi connectivity index (χ4v) is 3.52. The lowest BCUT2D eigenvalue weighted by Gasteiger charge is -2.25. The van der Waals surface area contributed by atoms with E-state index in [9.17, 15) is 26.7 Å². The van der Waals surface area contributed by atoms with Crippen molar-refractivity contribution in [2.45, 2.75) is 16.8 Å². The zero-order valence-electron chi connectivity index (χ0n) is 13.9. The highest BCUT2D eigenvalue weighted by Crippen LogP contribution is 2.39. The van der Waals surface area contributed by atoms with E-state index in [1.54, 1.807) is 24.3 Å². The quantitative estimate of drug-likeness (QED) is 0.758. The number of alkyl halides is 3. The molecule has 1 heterocycles. The van der Waals surface area contributed by atoms with Gasteiger partial charge in [-0.2, -0.15) is 13.2 Å². The molecule has 1 aliphatic rings. The van der Waals surface area contributed by atoms with Gasteiger partial charge in [0.15, 0.2) is 9.84 Å². The molecule has 0 fully saturated rings. The Labute approximate surface area is 162 Å². The SMILES string of the molecule is CS(=O)(=O)c1ccc(N2CC(O)(C(F)(F)F)N=C2c2ccc(Br)cc2)cc1. The Balaban J connectivity index is 2.07. The Kier molecular flexibility index (Phi) is 4.86. The van der Waals surface area contributed by atoms with Gasteiger partial charge in [-0.1, -0.05) is 28.1 Å². The molecule has 0 bridgehead atoms. The van der Waals surface area contributed by atoms with Gasteiger partial charge >= 0.3 is 6.18 Å². The Hall–Kier alpha value is -1.91. The monoisotopic (exact) mass is 462 g/mol. The summed E-state index contributed by atoms with van der Waals surface area (Å²) in [5, 5.41) is 10.1. The van der Waals surface area contributed by atoms with E-state index in [0.29, 0.717) is 5.56 Å². The van der Waals surface area contributed by atoms with Crippen LogP contribution in [0.25, 0.3) is 0 Å². The predicted octanol–water partition coefficient (Wildman–Crippen LogP) is 3.37. The summed E-state index contributed by atoms with van der Waals surface area (Å²) < 4.78 is 63.9. The minimum absolute atomic E-state index is 0.0404. The van der Waals surface area contributed by atoms with Crippen molar-refractivity contribution in [3.05, 3.63) is 58.6 Å². The summed E-state index contributed by atoms with van der Waals surface area (Å²) in [5.41, 5.74) is -2.60. The second kappa shape index (κ2) is 6.61. The lowest BCUT2D eigenvalue weighted by molar-refractivity contribution is -0.249. The van der Waals surface area contributed by atoms with E-state index in [4.69, 9.17) is 0 Å². The highest BCUT2D eigenvalue weighted by atomic mass is 79.9. The number of halogens is 4. The van der Waals surface area contributed by atoms with Crippen molar-refractivity contribution in [1.82, 2.24) is 0 Å². The van der Waals surface area contributed by atoms with Gasteiger partial charge in [-0.15, -0.1) is 0 Å². The van der Waals surface area contributed by atoms with E-state index < -0.39 is 28.3 Å². The number of hydrogen-bond acceptors (Lipinski definition) is 5. The summed E-state index contributed by atoms with van der Waals surface area (Å²) in [5.74, 6) is -0.0607. The minimum Gasteiger partial charge on any atom is -0.361 e. The molecule has 0 aromatic heterocycles. The number of aliphatic hydroxyl groups is 1. The summed E-state index contributed by atoms with van der Waals surface area (Å²) in [6.45, 7) is -0.833. The van der Waals surface area contributed by atoms with Gasteiger partial charge in [-0.25, -0.2) is 13.4 Å². The van der Waals surface area contributed by atoms with Crippen molar-refractivity contribution >= 4 is 37.3 Å². The molecule has 0 saturated heterocycles. The van der Waals surface area contributed by atoms with Gasteiger partial charge in [-0.05, 0) is 36.4 Å². The topological polar surface area (TPSA) is 70.0 Å². The third-order valence-electron chi connectivity index (χ3n) is 4.06. The zero-order chi connectivity index (χ0) is 20.0. The summed E-state index contributed by atoms with van der Waals surface area (Å²) in [7, 11) is -3.44. The van der Waals surface area contributed by atoms with E-state index in [-0.39, 0.29) is 16.4 Å². The van der Waals surface area contributed by atoms with Crippen LogP contribution in [-0.2, 0) is 9.84 Å². The Bertz CT molecular complexity index is 990. The van der Waals surface area contributed by atoms with E-state index >= 15 is 0 Å². The summed E-state index contributed by atoms with van der Waals surface area (Å²) >= 11 is 3.26. The van der Waals surface area contributed by atoms with Crippen LogP contribution >= 0.6 is 15.9 Å². The third-order valence-corrected chi connectivity index (χ3v) is 5.72. The minimum atomic E-state index is -4.96. The molecule has 2 aromatic rings. The van der Waals surface area contributed by atoms with Gasteiger partial charge in [0.2, 0.25) is 0 Å². The molecular weight excluding hydrogens is 449 g/mol. The van der Waals surface area contributed by atoms with Gasteiger partial charge < -0.3 is 10.0 Å². The van der Waals surface area contributed by atoms with Crippen molar-refractivity contribution in [2.24, 2.45) is 4.99 Å². The molecule has 144 valence electrons. The van der Waals surface area contributed by atoms with Crippen LogP contribution in [0.4, 0.5) is 18.9 Å². The molecule has 0 saturated carbocycles. The standard InChI is InChI=1S/C17H14BrF3N2O3S/c1-27(25,26)14-8-6-13(7-9-14)23-10-16(24,17(19,20)21)22-15(23)11-2-4-12(18)5-3-11/h2-9,24H,10H2,1H3. The number of amidine groups is 1. The van der Waals surface area contributed by atoms with Crippen molar-refractivity contribution in [1.29, 1.82) is 0 Å². The average molecular weight is 463 g/mol. The molecule has 1 unspecified atom stereocenters. The van der Waals surface area contributed by atoms with Crippen LogP contribution in [0.3, 0.4) is 0 Å². The van der Waals surface area contributed by atoms with Crippen LogP contribution in [0.2, 0.25) is 0 Å². The summed E-state index contributed by atoms with van der Waals surface area (Å²) in [6.07, 6.45) is -3.93. The van der Waals surface area contributed by atoms with Gasteiger partial charge in [-0.3, -0.25) is 0 Å². The highest BCUT2D eigenvalue weighted by Gasteiger charge is 2.58. The molecule has 27 heavy (non-hydrogen) atoms. The molecular formula is C17H14BrF3N2O3S. The molecule has 0 spiro atoms. The third kappa shape index (κ3) is 3.87. The maximum atomic E-state index is 13.3. The average Bonchev–Trinajstić information content (AvgIpc) is 2.94. The normalized spacial score (nSPS) is 20.7. The molecule has 2 aromatic carbocycles. The molecule has 3 rings (SSSR count). The molecule has 1 aliphatic heterocycles. The molecule has 1 N–H and O–H groups in total. The van der Waals surface area contributed by atoms with Crippen LogP contribution in [0, 0.1) is 0 Å². The van der Waals surface area contributed by atoms with Crippen molar-refractivity contribution in [3.8, 4) is 0 Å². The Morgan fingerprint density at radius 3 is 2.15 bits per heavy atom. The van der Waals surface area contributed by atoms with E-state index in [1.165, 1.54) is 29.2 Å². The van der Waals surface area contributed by atoms with Gasteiger partial charge in [0, 0.05) is 22.0 Å². The van der Waals surface area contributed by atoms with Crippen molar-refractivity contribution in [3.63, 3.8) is 0 Å². The zero-order valence-corrected chi connectivity index (χ0v) is 16.3. The second-order valence-electron chi connectivity index (χ2n) is 6.11. The molecule has 1 atom stereocenters. The van der Waals surface area contributed by atoms with Gasteiger partial charge in [0.05, 0.1) is 11.4 Å².